The lowest BCUT2D eigenvalue weighted by molar-refractivity contribution is -0.165. The zero-order chi connectivity index (χ0) is 22.3. The minimum atomic E-state index is -2.27. The highest BCUT2D eigenvalue weighted by Gasteiger charge is 2.29. The van der Waals surface area contributed by atoms with E-state index in [4.69, 9.17) is 43.6 Å². The number of aliphatic hydroxyl groups is 2. The molecule has 3 rings (SSSR count). The van der Waals surface area contributed by atoms with Crippen molar-refractivity contribution >= 4 is 35.1 Å². The highest BCUT2D eigenvalue weighted by molar-refractivity contribution is 6.34. The number of hydrogen-bond acceptors (Lipinski definition) is 6. The molecular weight excluding hydrogens is 435 g/mol. The summed E-state index contributed by atoms with van der Waals surface area (Å²) in [7, 11) is 0. The number of carboxylic acid groups (broad SMARTS) is 2. The Bertz CT molecular complexity index is 687. The van der Waals surface area contributed by atoms with Crippen molar-refractivity contribution in [2.75, 3.05) is 26.2 Å². The van der Waals surface area contributed by atoms with Crippen molar-refractivity contribution in [3.05, 3.63) is 33.8 Å². The summed E-state index contributed by atoms with van der Waals surface area (Å²) in [5.74, 6) is -1.83. The Morgan fingerprint density at radius 3 is 1.93 bits per heavy atom. The average molecular weight is 463 g/mol. The zero-order valence-corrected chi connectivity index (χ0v) is 18.0. The highest BCUT2D eigenvalue weighted by Crippen LogP contribution is 2.31. The van der Waals surface area contributed by atoms with Crippen LogP contribution in [0.25, 0.3) is 0 Å². The average Bonchev–Trinajstić information content (AvgIpc) is 3.32. The fourth-order valence-corrected chi connectivity index (χ4v) is 3.91. The van der Waals surface area contributed by atoms with Gasteiger partial charge in [-0.1, -0.05) is 23.2 Å². The third-order valence-electron chi connectivity index (χ3n) is 5.03. The molecule has 0 radical (unpaired) electrons. The van der Waals surface area contributed by atoms with Gasteiger partial charge in [0.1, 0.15) is 0 Å². The van der Waals surface area contributed by atoms with E-state index in [9.17, 15) is 9.59 Å². The maximum atomic E-state index is 9.77. The van der Waals surface area contributed by atoms with Crippen LogP contribution in [0.4, 0.5) is 0 Å². The van der Waals surface area contributed by atoms with Crippen LogP contribution in [-0.2, 0) is 16.1 Å². The van der Waals surface area contributed by atoms with E-state index in [1.165, 1.54) is 44.5 Å². The van der Waals surface area contributed by atoms with Crippen LogP contribution in [0.3, 0.4) is 0 Å². The second kappa shape index (κ2) is 11.8. The standard InChI is InChI=1S/C16H22Cl2N2.C4H6O6/c17-15-5-14(6-16(18)7-15)11-20(9-12-1-2-12)10-13-3-4-19-8-13;5-1(3(7)8)2(6)4(9)10/h5-7,12-13,19H,1-4,8-11H2;1-2,5-6H,(H,7,8)(H,9,10)/t13-;/m1./s1. The van der Waals surface area contributed by atoms with E-state index < -0.39 is 24.1 Å². The molecule has 2 fully saturated rings. The van der Waals surface area contributed by atoms with Crippen molar-refractivity contribution in [2.45, 2.75) is 38.0 Å². The molecule has 0 amide bonds. The van der Waals surface area contributed by atoms with E-state index in [0.29, 0.717) is 0 Å². The summed E-state index contributed by atoms with van der Waals surface area (Å²) >= 11 is 12.2. The van der Waals surface area contributed by atoms with E-state index in [1.54, 1.807) is 6.07 Å². The van der Waals surface area contributed by atoms with Gasteiger partial charge in [0, 0.05) is 29.7 Å². The van der Waals surface area contributed by atoms with Crippen LogP contribution in [0.5, 0.6) is 0 Å². The molecular formula is C20H28Cl2N2O6. The summed E-state index contributed by atoms with van der Waals surface area (Å²) in [6.07, 6.45) is -0.432. The number of carbonyl (C=O) groups is 2. The summed E-state index contributed by atoms with van der Waals surface area (Å²) in [5.41, 5.74) is 1.23. The van der Waals surface area contributed by atoms with E-state index in [2.05, 4.69) is 10.2 Å². The Morgan fingerprint density at radius 1 is 0.967 bits per heavy atom. The van der Waals surface area contributed by atoms with Crippen LogP contribution in [0.2, 0.25) is 10.0 Å². The predicted molar refractivity (Wildman–Crippen MR) is 113 cm³/mol. The van der Waals surface area contributed by atoms with Gasteiger partial charge in [-0.3, -0.25) is 4.90 Å². The van der Waals surface area contributed by atoms with Crippen LogP contribution in [-0.4, -0.2) is 75.7 Å². The van der Waals surface area contributed by atoms with Gasteiger partial charge in [0.05, 0.1) is 0 Å². The predicted octanol–water partition coefficient (Wildman–Crippen LogP) is 1.69. The van der Waals surface area contributed by atoms with Crippen molar-refractivity contribution < 1.29 is 30.0 Å². The zero-order valence-electron chi connectivity index (χ0n) is 16.5. The normalized spacial score (nSPS) is 20.4. The molecule has 1 aliphatic carbocycles. The lowest BCUT2D eigenvalue weighted by atomic mass is 10.1. The second-order valence-electron chi connectivity index (χ2n) is 7.84. The van der Waals surface area contributed by atoms with Gasteiger partial charge in [-0.15, -0.1) is 0 Å². The number of halogens is 2. The monoisotopic (exact) mass is 462 g/mol. The molecule has 3 atom stereocenters. The Labute approximate surface area is 185 Å². The maximum Gasteiger partial charge on any atom is 0.335 e. The molecule has 1 aromatic carbocycles. The van der Waals surface area contributed by atoms with Crippen LogP contribution >= 0.6 is 23.2 Å². The number of carboxylic acids is 2. The van der Waals surface area contributed by atoms with Crippen LogP contribution in [0.1, 0.15) is 24.8 Å². The number of rotatable bonds is 9. The van der Waals surface area contributed by atoms with E-state index in [1.807, 2.05) is 12.1 Å². The largest absolute Gasteiger partial charge is 0.479 e. The Morgan fingerprint density at radius 2 is 1.50 bits per heavy atom. The molecule has 1 heterocycles. The Hall–Kier alpha value is -1.42. The van der Waals surface area contributed by atoms with Gasteiger partial charge in [0.25, 0.3) is 0 Å². The molecule has 8 nitrogen and oxygen atoms in total. The smallest absolute Gasteiger partial charge is 0.335 e. The maximum absolute atomic E-state index is 9.77. The van der Waals surface area contributed by atoms with Gasteiger partial charge < -0.3 is 25.7 Å². The number of nitrogens with one attached hydrogen (secondary N) is 1. The van der Waals surface area contributed by atoms with Crippen molar-refractivity contribution in [2.24, 2.45) is 11.8 Å². The molecule has 1 saturated carbocycles. The van der Waals surface area contributed by atoms with Gasteiger partial charge >= 0.3 is 11.9 Å². The van der Waals surface area contributed by atoms with Gasteiger partial charge in [-0.05, 0) is 68.0 Å². The quantitative estimate of drug-likeness (QED) is 0.374. The number of nitrogens with zero attached hydrogens (tertiary/aromatic N) is 1. The molecule has 0 bridgehead atoms. The van der Waals surface area contributed by atoms with Crippen LogP contribution in [0, 0.1) is 11.8 Å². The summed E-state index contributed by atoms with van der Waals surface area (Å²) in [4.78, 5) is 22.1. The summed E-state index contributed by atoms with van der Waals surface area (Å²) in [6.45, 7) is 5.71. The van der Waals surface area contributed by atoms with Crippen molar-refractivity contribution in [1.82, 2.24) is 10.2 Å². The van der Waals surface area contributed by atoms with Crippen molar-refractivity contribution in [3.63, 3.8) is 0 Å². The van der Waals surface area contributed by atoms with Crippen molar-refractivity contribution in [3.8, 4) is 0 Å². The van der Waals surface area contributed by atoms with Crippen molar-refractivity contribution in [1.29, 1.82) is 0 Å². The van der Waals surface area contributed by atoms with E-state index in [0.717, 1.165) is 35.0 Å². The lowest BCUT2D eigenvalue weighted by Gasteiger charge is -2.25. The minimum absolute atomic E-state index is 0.737. The van der Waals surface area contributed by atoms with E-state index in [-0.39, 0.29) is 0 Å². The first-order valence-electron chi connectivity index (χ1n) is 9.85. The topological polar surface area (TPSA) is 130 Å². The molecule has 2 unspecified atom stereocenters. The summed E-state index contributed by atoms with van der Waals surface area (Å²) in [6, 6.07) is 5.89. The molecule has 2 aliphatic rings. The van der Waals surface area contributed by atoms with Crippen LogP contribution in [0.15, 0.2) is 18.2 Å². The second-order valence-corrected chi connectivity index (χ2v) is 8.71. The molecule has 0 spiro atoms. The SMILES string of the molecule is Clc1cc(Cl)cc(CN(CC2CC2)C[C@@H]2CCNC2)c1.O=C(O)C(O)C(O)C(=O)O. The highest BCUT2D eigenvalue weighted by atomic mass is 35.5. The lowest BCUT2D eigenvalue weighted by Crippen LogP contribution is -2.39. The number of benzene rings is 1. The number of aliphatic carboxylic acids is 2. The van der Waals surface area contributed by atoms with Gasteiger partial charge in [-0.2, -0.15) is 0 Å². The molecule has 5 N–H and O–H groups in total. The summed E-state index contributed by atoms with van der Waals surface area (Å²) in [5, 5.41) is 37.5. The first-order valence-corrected chi connectivity index (χ1v) is 10.6. The first kappa shape index (κ1) is 24.8. The minimum Gasteiger partial charge on any atom is -0.479 e. The molecule has 1 aliphatic heterocycles. The molecule has 10 heteroatoms. The van der Waals surface area contributed by atoms with Crippen LogP contribution < -0.4 is 5.32 Å². The van der Waals surface area contributed by atoms with Gasteiger partial charge in [-0.25, -0.2) is 9.59 Å². The first-order chi connectivity index (χ1) is 14.2. The fourth-order valence-electron chi connectivity index (χ4n) is 3.34. The summed E-state index contributed by atoms with van der Waals surface area (Å²) < 4.78 is 0. The molecule has 0 aromatic heterocycles. The Balaban J connectivity index is 0.000000274. The fraction of sp³-hybridized carbons (Fsp3) is 0.600. The van der Waals surface area contributed by atoms with Gasteiger partial charge in [0.2, 0.25) is 0 Å². The molecule has 1 aromatic rings. The third-order valence-corrected chi connectivity index (χ3v) is 5.46. The third kappa shape index (κ3) is 8.75. The number of hydrogen-bond donors (Lipinski definition) is 5. The van der Waals surface area contributed by atoms with Gasteiger partial charge in [0.15, 0.2) is 12.2 Å². The molecule has 1 saturated heterocycles. The molecule has 30 heavy (non-hydrogen) atoms. The number of aliphatic hydroxyl groups excluding tert-OH is 2. The molecule has 168 valence electrons. The van der Waals surface area contributed by atoms with E-state index >= 15 is 0 Å². The Kier molecular flexibility index (Phi) is 9.80.